The average molecular weight is 397 g/mol. The number of carbonyl (C=O) groups excluding carboxylic acids is 2. The van der Waals surface area contributed by atoms with Crippen LogP contribution in [0, 0.1) is 5.82 Å². The SMILES string of the molecule is COCCCN1C(=O)C(Nc2ccc(N(C)C)cc2)=C(c2ccc(F)cc2)C1=O. The Morgan fingerprint density at radius 2 is 1.66 bits per heavy atom. The van der Waals surface area contributed by atoms with Crippen LogP contribution >= 0.6 is 0 Å². The van der Waals surface area contributed by atoms with Gasteiger partial charge in [0.15, 0.2) is 0 Å². The van der Waals surface area contributed by atoms with E-state index in [2.05, 4.69) is 5.32 Å². The molecule has 0 unspecified atom stereocenters. The van der Waals surface area contributed by atoms with Crippen LogP contribution in [0.2, 0.25) is 0 Å². The van der Waals surface area contributed by atoms with Crippen LogP contribution in [0.25, 0.3) is 5.57 Å². The van der Waals surface area contributed by atoms with Gasteiger partial charge in [0.05, 0.1) is 5.57 Å². The number of halogens is 1. The predicted molar refractivity (Wildman–Crippen MR) is 111 cm³/mol. The number of imide groups is 1. The number of rotatable bonds is 8. The first-order valence-electron chi connectivity index (χ1n) is 9.32. The Balaban J connectivity index is 1.95. The molecule has 152 valence electrons. The minimum absolute atomic E-state index is 0.191. The maximum Gasteiger partial charge on any atom is 0.278 e. The molecule has 1 aliphatic heterocycles. The highest BCUT2D eigenvalue weighted by Crippen LogP contribution is 2.31. The lowest BCUT2D eigenvalue weighted by atomic mass is 10.0. The molecule has 2 amide bonds. The van der Waals surface area contributed by atoms with E-state index in [1.54, 1.807) is 7.11 Å². The minimum Gasteiger partial charge on any atom is -0.385 e. The molecule has 0 bridgehead atoms. The lowest BCUT2D eigenvalue weighted by Gasteiger charge is -2.15. The molecule has 7 heteroatoms. The molecule has 1 N–H and O–H groups in total. The highest BCUT2D eigenvalue weighted by molar-refractivity contribution is 6.36. The van der Waals surface area contributed by atoms with E-state index in [0.29, 0.717) is 24.3 Å². The van der Waals surface area contributed by atoms with E-state index >= 15 is 0 Å². The summed E-state index contributed by atoms with van der Waals surface area (Å²) in [7, 11) is 5.45. The van der Waals surface area contributed by atoms with Crippen LogP contribution in [0.1, 0.15) is 12.0 Å². The number of benzene rings is 2. The van der Waals surface area contributed by atoms with Crippen molar-refractivity contribution in [1.29, 1.82) is 0 Å². The molecule has 29 heavy (non-hydrogen) atoms. The molecule has 0 aromatic heterocycles. The Kier molecular flexibility index (Phi) is 6.29. The van der Waals surface area contributed by atoms with Gasteiger partial charge in [-0.15, -0.1) is 0 Å². The fourth-order valence-corrected chi connectivity index (χ4v) is 3.13. The van der Waals surface area contributed by atoms with Gasteiger partial charge in [-0.25, -0.2) is 4.39 Å². The number of amides is 2. The number of methoxy groups -OCH3 is 1. The normalized spacial score (nSPS) is 14.0. The van der Waals surface area contributed by atoms with Gasteiger partial charge in [0.25, 0.3) is 11.8 Å². The number of anilines is 2. The summed E-state index contributed by atoms with van der Waals surface area (Å²) in [6.07, 6.45) is 0.537. The van der Waals surface area contributed by atoms with E-state index in [9.17, 15) is 14.0 Å². The first-order valence-corrected chi connectivity index (χ1v) is 9.32. The molecule has 1 aliphatic rings. The van der Waals surface area contributed by atoms with Crippen LogP contribution in [0.15, 0.2) is 54.2 Å². The van der Waals surface area contributed by atoms with Crippen molar-refractivity contribution in [1.82, 2.24) is 4.90 Å². The van der Waals surface area contributed by atoms with Crippen molar-refractivity contribution in [2.45, 2.75) is 6.42 Å². The molecule has 1 heterocycles. The first-order chi connectivity index (χ1) is 13.9. The molecule has 0 radical (unpaired) electrons. The average Bonchev–Trinajstić information content (AvgIpc) is 2.93. The van der Waals surface area contributed by atoms with Crippen molar-refractivity contribution in [2.75, 3.05) is 44.6 Å². The second-order valence-corrected chi connectivity index (χ2v) is 6.93. The second-order valence-electron chi connectivity index (χ2n) is 6.93. The highest BCUT2D eigenvalue weighted by Gasteiger charge is 2.38. The highest BCUT2D eigenvalue weighted by atomic mass is 19.1. The van der Waals surface area contributed by atoms with E-state index < -0.39 is 17.6 Å². The fourth-order valence-electron chi connectivity index (χ4n) is 3.13. The van der Waals surface area contributed by atoms with Gasteiger partial charge in [-0.05, 0) is 48.4 Å². The Morgan fingerprint density at radius 1 is 1.00 bits per heavy atom. The van der Waals surface area contributed by atoms with Crippen LogP contribution in [-0.4, -0.2) is 51.1 Å². The Labute approximate surface area is 169 Å². The van der Waals surface area contributed by atoms with Crippen molar-refractivity contribution in [3.05, 3.63) is 65.6 Å². The Morgan fingerprint density at radius 3 is 2.24 bits per heavy atom. The van der Waals surface area contributed by atoms with E-state index in [1.807, 2.05) is 43.3 Å². The molecular weight excluding hydrogens is 373 g/mol. The topological polar surface area (TPSA) is 61.9 Å². The third kappa shape index (κ3) is 4.46. The molecule has 3 rings (SSSR count). The van der Waals surface area contributed by atoms with Gasteiger partial charge in [0, 0.05) is 45.7 Å². The van der Waals surface area contributed by atoms with E-state index in [1.165, 1.54) is 29.2 Å². The zero-order valence-electron chi connectivity index (χ0n) is 16.7. The fraction of sp³-hybridized carbons (Fsp3) is 0.273. The smallest absolute Gasteiger partial charge is 0.278 e. The van der Waals surface area contributed by atoms with Gasteiger partial charge in [-0.1, -0.05) is 12.1 Å². The summed E-state index contributed by atoms with van der Waals surface area (Å²) in [6.45, 7) is 0.693. The number of ether oxygens (including phenoxy) is 1. The second kappa shape index (κ2) is 8.87. The number of carbonyl (C=O) groups is 2. The number of hydrogen-bond acceptors (Lipinski definition) is 5. The van der Waals surface area contributed by atoms with Crippen LogP contribution in [0.4, 0.5) is 15.8 Å². The lowest BCUT2D eigenvalue weighted by Crippen LogP contribution is -2.33. The monoisotopic (exact) mass is 397 g/mol. The molecule has 0 spiro atoms. The van der Waals surface area contributed by atoms with Crippen molar-refractivity contribution in [3.63, 3.8) is 0 Å². The van der Waals surface area contributed by atoms with Gasteiger partial charge < -0.3 is 15.0 Å². The Bertz CT molecular complexity index is 921. The molecule has 6 nitrogen and oxygen atoms in total. The summed E-state index contributed by atoms with van der Waals surface area (Å²) in [5, 5.41) is 3.09. The van der Waals surface area contributed by atoms with Crippen LogP contribution in [0.5, 0.6) is 0 Å². The van der Waals surface area contributed by atoms with Crippen molar-refractivity contribution in [2.24, 2.45) is 0 Å². The van der Waals surface area contributed by atoms with E-state index in [-0.39, 0.29) is 17.8 Å². The van der Waals surface area contributed by atoms with Crippen molar-refractivity contribution in [3.8, 4) is 0 Å². The van der Waals surface area contributed by atoms with Gasteiger partial charge in [-0.2, -0.15) is 0 Å². The van der Waals surface area contributed by atoms with Gasteiger partial charge in [0.2, 0.25) is 0 Å². The quantitative estimate of drug-likeness (QED) is 0.548. The molecule has 0 aliphatic carbocycles. The molecule has 0 saturated heterocycles. The Hall–Kier alpha value is -3.19. The standard InChI is InChI=1S/C22H24FN3O3/c1-25(2)18-11-9-17(10-12-18)24-20-19(15-5-7-16(23)8-6-15)21(27)26(22(20)28)13-4-14-29-3/h5-12,24H,4,13-14H2,1-3H3. The zero-order chi connectivity index (χ0) is 21.0. The van der Waals surface area contributed by atoms with Crippen molar-refractivity contribution < 1.29 is 18.7 Å². The summed E-state index contributed by atoms with van der Waals surface area (Å²) >= 11 is 0. The zero-order valence-corrected chi connectivity index (χ0v) is 16.7. The summed E-state index contributed by atoms with van der Waals surface area (Å²) in [5.74, 6) is -1.20. The third-order valence-electron chi connectivity index (χ3n) is 4.68. The largest absolute Gasteiger partial charge is 0.385 e. The maximum atomic E-state index is 13.4. The minimum atomic E-state index is -0.406. The number of nitrogens with one attached hydrogen (secondary N) is 1. The molecule has 0 atom stereocenters. The maximum absolute atomic E-state index is 13.4. The molecule has 0 saturated carbocycles. The van der Waals surface area contributed by atoms with Crippen molar-refractivity contribution >= 4 is 28.8 Å². The lowest BCUT2D eigenvalue weighted by molar-refractivity contribution is -0.136. The molecule has 2 aromatic carbocycles. The number of hydrogen-bond donors (Lipinski definition) is 1. The third-order valence-corrected chi connectivity index (χ3v) is 4.68. The molecule has 2 aromatic rings. The summed E-state index contributed by atoms with van der Waals surface area (Å²) in [4.78, 5) is 29.2. The van der Waals surface area contributed by atoms with Crippen LogP contribution < -0.4 is 10.2 Å². The van der Waals surface area contributed by atoms with E-state index in [4.69, 9.17) is 4.74 Å². The van der Waals surface area contributed by atoms with Gasteiger partial charge in [-0.3, -0.25) is 14.5 Å². The predicted octanol–water partition coefficient (Wildman–Crippen LogP) is 3.12. The van der Waals surface area contributed by atoms with Gasteiger partial charge in [0.1, 0.15) is 11.5 Å². The van der Waals surface area contributed by atoms with E-state index in [0.717, 1.165) is 5.69 Å². The molecular formula is C22H24FN3O3. The molecule has 0 fully saturated rings. The van der Waals surface area contributed by atoms with Crippen LogP contribution in [0.3, 0.4) is 0 Å². The first kappa shape index (κ1) is 20.5. The number of nitrogens with zero attached hydrogens (tertiary/aromatic N) is 2. The van der Waals surface area contributed by atoms with Gasteiger partial charge >= 0.3 is 0 Å². The van der Waals surface area contributed by atoms with Crippen LogP contribution in [-0.2, 0) is 14.3 Å². The summed E-state index contributed by atoms with van der Waals surface area (Å²) in [5.41, 5.74) is 2.62. The summed E-state index contributed by atoms with van der Waals surface area (Å²) in [6, 6.07) is 13.1. The summed E-state index contributed by atoms with van der Waals surface area (Å²) < 4.78 is 18.4.